The molecule has 6 atom stereocenters. The number of unbranched alkanes of at least 4 members (excludes halogenated alkanes) is 3. The Bertz CT molecular complexity index is 772. The first-order valence-corrected chi connectivity index (χ1v) is 13.2. The monoisotopic (exact) mass is 530 g/mol. The number of carboxylic acids is 1. The molecule has 3 aliphatic rings. The molecular formula is C23H35BrN2O5S. The molecule has 3 rings (SSSR count). The van der Waals surface area contributed by atoms with Crippen LogP contribution in [0, 0.1) is 11.8 Å². The molecule has 2 amide bonds. The highest BCUT2D eigenvalue weighted by atomic mass is 79.9. The number of alkyl halides is 1. The lowest BCUT2D eigenvalue weighted by atomic mass is 9.71. The van der Waals surface area contributed by atoms with Crippen molar-refractivity contribution in [2.24, 2.45) is 11.8 Å². The number of hydrogen-bond acceptors (Lipinski definition) is 5. The van der Waals surface area contributed by atoms with Crippen molar-refractivity contribution in [3.63, 3.8) is 0 Å². The molecule has 32 heavy (non-hydrogen) atoms. The van der Waals surface area contributed by atoms with Crippen molar-refractivity contribution in [3.8, 4) is 0 Å². The molecule has 3 aliphatic heterocycles. The van der Waals surface area contributed by atoms with Gasteiger partial charge in [-0.15, -0.1) is 18.3 Å². The number of aliphatic hydroxyl groups excluding tert-OH is 1. The highest BCUT2D eigenvalue weighted by Crippen LogP contribution is 2.67. The molecule has 0 radical (unpaired) electrons. The van der Waals surface area contributed by atoms with E-state index in [1.165, 1.54) is 11.8 Å². The summed E-state index contributed by atoms with van der Waals surface area (Å²) in [5.74, 6) is -2.74. The first-order chi connectivity index (χ1) is 15.0. The van der Waals surface area contributed by atoms with E-state index in [0.717, 1.165) is 19.3 Å². The van der Waals surface area contributed by atoms with Crippen LogP contribution in [-0.2, 0) is 14.4 Å². The summed E-state index contributed by atoms with van der Waals surface area (Å²) in [5.41, 5.74) is -0.461. The topological polar surface area (TPSA) is 98.2 Å². The van der Waals surface area contributed by atoms with E-state index in [-0.39, 0.29) is 28.5 Å². The third-order valence-electron chi connectivity index (χ3n) is 7.00. The number of hydrogen-bond donors (Lipinski definition) is 2. The fourth-order valence-electron chi connectivity index (χ4n) is 5.65. The number of thioether (sulfide) groups is 1. The standard InChI is InChI=1S/C23H35BrN2O5S/c1-5-10-26(22(2,3)4)20(29)18-23-13-14(24)17(32-23)15(21(30)31)16(23)19(28)25(18)11-8-6-7-9-12-27/h5,14-18,27H,1,6-13H2,2-4H3,(H,30,31)/t14?,15-,16+,17-,18?,23?/m1/s1. The number of likely N-dealkylation sites (tertiary alicyclic amines) is 1. The smallest absolute Gasteiger partial charge is 0.308 e. The van der Waals surface area contributed by atoms with E-state index in [1.807, 2.05) is 20.8 Å². The van der Waals surface area contributed by atoms with Crippen LogP contribution in [-0.4, -0.2) is 83.9 Å². The second-order valence-corrected chi connectivity index (χ2v) is 12.8. The summed E-state index contributed by atoms with van der Waals surface area (Å²) >= 11 is 5.20. The SMILES string of the molecule is C=CCN(C(=O)C1N(CCCCCCO)C(=O)[C@@H]2[C@@H](C(=O)O)[C@@H]3SC12CC3Br)C(C)(C)C. The lowest BCUT2D eigenvalue weighted by molar-refractivity contribution is -0.148. The molecule has 1 spiro atoms. The predicted molar refractivity (Wildman–Crippen MR) is 129 cm³/mol. The highest BCUT2D eigenvalue weighted by molar-refractivity contribution is 9.09. The van der Waals surface area contributed by atoms with E-state index in [9.17, 15) is 19.5 Å². The molecule has 7 nitrogen and oxygen atoms in total. The van der Waals surface area contributed by atoms with Gasteiger partial charge >= 0.3 is 5.97 Å². The lowest BCUT2D eigenvalue weighted by Gasteiger charge is -2.42. The van der Waals surface area contributed by atoms with Gasteiger partial charge in [-0.2, -0.15) is 0 Å². The predicted octanol–water partition coefficient (Wildman–Crippen LogP) is 2.90. The zero-order valence-corrected chi connectivity index (χ0v) is 21.5. The molecular weight excluding hydrogens is 496 g/mol. The average Bonchev–Trinajstić information content (AvgIpc) is 3.28. The molecule has 9 heteroatoms. The second-order valence-electron chi connectivity index (χ2n) is 10.1. The van der Waals surface area contributed by atoms with E-state index >= 15 is 0 Å². The van der Waals surface area contributed by atoms with Gasteiger partial charge in [0.05, 0.1) is 16.6 Å². The van der Waals surface area contributed by atoms with Crippen molar-refractivity contribution in [1.82, 2.24) is 9.80 Å². The Hall–Kier alpha value is -1.06. The molecule has 0 aliphatic carbocycles. The zero-order valence-electron chi connectivity index (χ0n) is 19.1. The van der Waals surface area contributed by atoms with E-state index in [0.29, 0.717) is 25.9 Å². The Morgan fingerprint density at radius 3 is 2.53 bits per heavy atom. The molecule has 180 valence electrons. The normalized spacial score (nSPS) is 33.5. The summed E-state index contributed by atoms with van der Waals surface area (Å²) in [6.45, 7) is 10.6. The summed E-state index contributed by atoms with van der Waals surface area (Å²) in [6, 6.07) is -0.684. The number of halogens is 1. The Labute approximate surface area is 203 Å². The van der Waals surface area contributed by atoms with E-state index in [2.05, 4.69) is 22.5 Å². The van der Waals surface area contributed by atoms with E-state index in [4.69, 9.17) is 5.11 Å². The molecule has 3 heterocycles. The molecule has 0 aromatic heterocycles. The number of carbonyl (C=O) groups is 3. The van der Waals surface area contributed by atoms with Gasteiger partial charge in [-0.1, -0.05) is 34.8 Å². The average molecular weight is 532 g/mol. The third kappa shape index (κ3) is 4.25. The number of amides is 2. The van der Waals surface area contributed by atoms with E-state index in [1.54, 1.807) is 15.9 Å². The Kier molecular flexibility index (Phi) is 7.72. The fourth-order valence-corrected chi connectivity index (χ4v) is 9.25. The summed E-state index contributed by atoms with van der Waals surface area (Å²) < 4.78 is -0.730. The van der Waals surface area contributed by atoms with Crippen LogP contribution in [0.1, 0.15) is 52.9 Å². The van der Waals surface area contributed by atoms with Crippen LogP contribution < -0.4 is 0 Å². The van der Waals surface area contributed by atoms with Gasteiger partial charge in [-0.25, -0.2) is 0 Å². The number of aliphatic hydroxyl groups is 1. The summed E-state index contributed by atoms with van der Waals surface area (Å²) in [5, 5.41) is 18.8. The van der Waals surface area contributed by atoms with Crippen LogP contribution in [0.5, 0.6) is 0 Å². The largest absolute Gasteiger partial charge is 0.481 e. The van der Waals surface area contributed by atoms with Gasteiger partial charge in [0, 0.05) is 35.3 Å². The van der Waals surface area contributed by atoms with Crippen LogP contribution in [0.15, 0.2) is 12.7 Å². The van der Waals surface area contributed by atoms with Crippen molar-refractivity contribution in [3.05, 3.63) is 12.7 Å². The maximum absolute atomic E-state index is 14.1. The van der Waals surface area contributed by atoms with Crippen LogP contribution in [0.3, 0.4) is 0 Å². The number of fused-ring (bicyclic) bond motifs is 1. The van der Waals surface area contributed by atoms with Crippen molar-refractivity contribution < 1.29 is 24.6 Å². The number of nitrogens with zero attached hydrogens (tertiary/aromatic N) is 2. The number of aliphatic carboxylic acids is 1. The van der Waals surface area contributed by atoms with Gasteiger partial charge in [0.1, 0.15) is 6.04 Å². The molecule has 3 fully saturated rings. The van der Waals surface area contributed by atoms with Gasteiger partial charge in [0.2, 0.25) is 11.8 Å². The van der Waals surface area contributed by atoms with Crippen LogP contribution in [0.4, 0.5) is 0 Å². The van der Waals surface area contributed by atoms with Crippen molar-refractivity contribution >= 4 is 45.5 Å². The molecule has 2 N–H and O–H groups in total. The number of carbonyl (C=O) groups excluding carboxylic acids is 2. The minimum atomic E-state index is -0.957. The Morgan fingerprint density at radius 1 is 1.31 bits per heavy atom. The van der Waals surface area contributed by atoms with Crippen LogP contribution >= 0.6 is 27.7 Å². The number of carboxylic acid groups (broad SMARTS) is 1. The molecule has 0 aromatic carbocycles. The zero-order chi connectivity index (χ0) is 23.8. The maximum Gasteiger partial charge on any atom is 0.308 e. The fraction of sp³-hybridized carbons (Fsp3) is 0.783. The van der Waals surface area contributed by atoms with Crippen molar-refractivity contribution in [1.29, 1.82) is 0 Å². The van der Waals surface area contributed by atoms with Crippen molar-refractivity contribution in [2.45, 2.75) is 79.3 Å². The van der Waals surface area contributed by atoms with Crippen molar-refractivity contribution in [2.75, 3.05) is 19.7 Å². The van der Waals surface area contributed by atoms with Gasteiger partial charge in [0.15, 0.2) is 0 Å². The first-order valence-electron chi connectivity index (χ1n) is 11.4. The van der Waals surface area contributed by atoms with Gasteiger partial charge in [-0.05, 0) is 40.0 Å². The van der Waals surface area contributed by atoms with E-state index < -0.39 is 34.1 Å². The maximum atomic E-state index is 14.1. The molecule has 3 unspecified atom stereocenters. The van der Waals surface area contributed by atoms with Gasteiger partial charge in [-0.3, -0.25) is 14.4 Å². The van der Waals surface area contributed by atoms with Crippen LogP contribution in [0.25, 0.3) is 0 Å². The second kappa shape index (κ2) is 9.66. The quantitative estimate of drug-likeness (QED) is 0.256. The van der Waals surface area contributed by atoms with Crippen LogP contribution in [0.2, 0.25) is 0 Å². The Morgan fingerprint density at radius 2 is 1.97 bits per heavy atom. The molecule has 0 saturated carbocycles. The summed E-state index contributed by atoms with van der Waals surface area (Å²) in [4.78, 5) is 43.3. The summed E-state index contributed by atoms with van der Waals surface area (Å²) in [7, 11) is 0. The Balaban J connectivity index is 1.99. The minimum Gasteiger partial charge on any atom is -0.481 e. The van der Waals surface area contributed by atoms with Gasteiger partial charge < -0.3 is 20.0 Å². The highest BCUT2D eigenvalue weighted by Gasteiger charge is 2.76. The van der Waals surface area contributed by atoms with Gasteiger partial charge in [0.25, 0.3) is 0 Å². The molecule has 0 aromatic rings. The minimum absolute atomic E-state index is 0.0417. The molecule has 2 bridgehead atoms. The first kappa shape index (κ1) is 25.6. The number of rotatable bonds is 10. The molecule has 3 saturated heterocycles. The summed E-state index contributed by atoms with van der Waals surface area (Å²) in [6.07, 6.45) is 5.43. The third-order valence-corrected chi connectivity index (χ3v) is 10.2. The lowest BCUT2D eigenvalue weighted by Crippen LogP contribution is -2.59.